The molecule has 8 heavy (non-hydrogen) atoms. The average molecular weight is 309 g/mol. The molecule has 0 rings (SSSR count). The predicted octanol–water partition coefficient (Wildman–Crippen LogP) is 2.37. The summed E-state index contributed by atoms with van der Waals surface area (Å²) in [6, 6.07) is 0. The van der Waals surface area contributed by atoms with E-state index >= 15 is 0 Å². The first-order valence-electron chi connectivity index (χ1n) is 1.91. The third-order valence-corrected chi connectivity index (χ3v) is 1.21. The molecule has 0 saturated heterocycles. The van der Waals surface area contributed by atoms with Crippen LogP contribution in [0.2, 0.25) is 0 Å². The average Bonchev–Trinajstić information content (AvgIpc) is 1.59. The van der Waals surface area contributed by atoms with Gasteiger partial charge in [-0.25, -0.2) is 0 Å². The van der Waals surface area contributed by atoms with Crippen LogP contribution in [0.15, 0.2) is 12.2 Å². The molecule has 0 radical (unpaired) electrons. The fourth-order valence-electron chi connectivity index (χ4n) is 0.186. The second-order valence-electron chi connectivity index (χ2n) is 1.13. The standard InChI is InChI=1S/C4H5Br3O/c5-4(6,7)2-1-3-8/h1-2,8H,3H2. The van der Waals surface area contributed by atoms with Crippen LogP contribution in [0.4, 0.5) is 0 Å². The van der Waals surface area contributed by atoms with Gasteiger partial charge in [-0.05, 0) is 6.08 Å². The maximum absolute atomic E-state index is 8.28. The normalized spacial score (nSPS) is 13.0. The van der Waals surface area contributed by atoms with Crippen LogP contribution < -0.4 is 0 Å². The van der Waals surface area contributed by atoms with Gasteiger partial charge in [0.1, 0.15) is 0 Å². The van der Waals surface area contributed by atoms with Gasteiger partial charge in [-0.3, -0.25) is 0 Å². The number of hydrogen-bond acceptors (Lipinski definition) is 1. The summed E-state index contributed by atoms with van der Waals surface area (Å²) in [5.74, 6) is 0. The minimum atomic E-state index is -0.351. The van der Waals surface area contributed by atoms with Crippen molar-refractivity contribution in [2.24, 2.45) is 0 Å². The van der Waals surface area contributed by atoms with E-state index in [1.807, 2.05) is 0 Å². The van der Waals surface area contributed by atoms with Crippen molar-refractivity contribution in [3.63, 3.8) is 0 Å². The van der Waals surface area contributed by atoms with Crippen LogP contribution in [0.5, 0.6) is 0 Å². The van der Waals surface area contributed by atoms with E-state index in [9.17, 15) is 0 Å². The van der Waals surface area contributed by atoms with E-state index in [-0.39, 0.29) is 8.75 Å². The van der Waals surface area contributed by atoms with E-state index in [2.05, 4.69) is 47.8 Å². The summed E-state index contributed by atoms with van der Waals surface area (Å²) in [6.45, 7) is 0.0601. The Hall–Kier alpha value is 1.14. The molecule has 1 N–H and O–H groups in total. The Morgan fingerprint density at radius 1 is 1.38 bits per heavy atom. The van der Waals surface area contributed by atoms with Gasteiger partial charge in [0.2, 0.25) is 0 Å². The Labute approximate surface area is 73.5 Å². The second-order valence-corrected chi connectivity index (χ2v) is 8.07. The number of aliphatic hydroxyl groups is 1. The molecule has 0 atom stereocenters. The van der Waals surface area contributed by atoms with Gasteiger partial charge in [-0.2, -0.15) is 0 Å². The van der Waals surface area contributed by atoms with Crippen molar-refractivity contribution in [2.75, 3.05) is 6.61 Å². The Bertz CT molecular complexity index is 83.8. The van der Waals surface area contributed by atoms with E-state index < -0.39 is 0 Å². The lowest BCUT2D eigenvalue weighted by atomic mass is 10.6. The van der Waals surface area contributed by atoms with Crippen molar-refractivity contribution in [2.45, 2.75) is 2.14 Å². The van der Waals surface area contributed by atoms with E-state index in [0.717, 1.165) is 0 Å². The molecule has 0 saturated carbocycles. The van der Waals surface area contributed by atoms with Gasteiger partial charge in [0.25, 0.3) is 0 Å². The largest absolute Gasteiger partial charge is 0.392 e. The van der Waals surface area contributed by atoms with Crippen LogP contribution >= 0.6 is 47.8 Å². The fourth-order valence-corrected chi connectivity index (χ4v) is 0.747. The van der Waals surface area contributed by atoms with E-state index in [0.29, 0.717) is 0 Å². The monoisotopic (exact) mass is 306 g/mol. The van der Waals surface area contributed by atoms with Crippen LogP contribution in [-0.4, -0.2) is 13.9 Å². The molecule has 0 fully saturated rings. The molecule has 0 amide bonds. The van der Waals surface area contributed by atoms with Gasteiger partial charge < -0.3 is 5.11 Å². The smallest absolute Gasteiger partial charge is 0.153 e. The van der Waals surface area contributed by atoms with Crippen LogP contribution in [0.3, 0.4) is 0 Å². The van der Waals surface area contributed by atoms with Gasteiger partial charge in [0.15, 0.2) is 2.14 Å². The van der Waals surface area contributed by atoms with E-state index in [1.54, 1.807) is 12.2 Å². The first-order valence-corrected chi connectivity index (χ1v) is 4.29. The predicted molar refractivity (Wildman–Crippen MR) is 45.7 cm³/mol. The summed E-state index contributed by atoms with van der Waals surface area (Å²) >= 11 is 9.64. The molecule has 1 nitrogen and oxygen atoms in total. The van der Waals surface area contributed by atoms with Crippen LogP contribution in [0.1, 0.15) is 0 Å². The van der Waals surface area contributed by atoms with Crippen molar-refractivity contribution in [3.8, 4) is 0 Å². The number of rotatable bonds is 1. The highest BCUT2D eigenvalue weighted by Crippen LogP contribution is 2.34. The minimum Gasteiger partial charge on any atom is -0.392 e. The lowest BCUT2D eigenvalue weighted by molar-refractivity contribution is 0.342. The summed E-state index contributed by atoms with van der Waals surface area (Å²) in [6.07, 6.45) is 3.37. The molecule has 48 valence electrons. The zero-order chi connectivity index (χ0) is 6.62. The molecule has 0 aromatic rings. The molecule has 0 unspecified atom stereocenters. The molecule has 0 aromatic heterocycles. The minimum absolute atomic E-state index is 0.0601. The first-order chi connectivity index (χ1) is 3.56. The summed E-state index contributed by atoms with van der Waals surface area (Å²) in [5.41, 5.74) is 0. The van der Waals surface area contributed by atoms with Gasteiger partial charge in [0, 0.05) is 0 Å². The van der Waals surface area contributed by atoms with Crippen molar-refractivity contribution >= 4 is 47.8 Å². The third-order valence-electron chi connectivity index (χ3n) is 0.412. The topological polar surface area (TPSA) is 20.2 Å². The molecular formula is C4H5Br3O. The van der Waals surface area contributed by atoms with Crippen molar-refractivity contribution in [3.05, 3.63) is 12.2 Å². The molecule has 4 heteroatoms. The molecular weight excluding hydrogens is 304 g/mol. The SMILES string of the molecule is OCC=CC(Br)(Br)Br. The summed E-state index contributed by atoms with van der Waals surface area (Å²) < 4.78 is -0.351. The molecule has 0 aliphatic carbocycles. The summed E-state index contributed by atoms with van der Waals surface area (Å²) in [7, 11) is 0. The van der Waals surface area contributed by atoms with Crippen molar-refractivity contribution in [1.29, 1.82) is 0 Å². The Morgan fingerprint density at radius 3 is 2.00 bits per heavy atom. The van der Waals surface area contributed by atoms with Crippen LogP contribution in [0.25, 0.3) is 0 Å². The Kier molecular flexibility index (Phi) is 4.61. The molecule has 0 aromatic carbocycles. The lowest BCUT2D eigenvalue weighted by Crippen LogP contribution is -1.91. The second kappa shape index (κ2) is 4.04. The summed E-state index contributed by atoms with van der Waals surface area (Å²) in [4.78, 5) is 0. The van der Waals surface area contributed by atoms with Gasteiger partial charge >= 0.3 is 0 Å². The van der Waals surface area contributed by atoms with Crippen molar-refractivity contribution < 1.29 is 5.11 Å². The zero-order valence-electron chi connectivity index (χ0n) is 3.94. The highest BCUT2D eigenvalue weighted by molar-refractivity contribution is 9.39. The molecule has 0 aliphatic heterocycles. The summed E-state index contributed by atoms with van der Waals surface area (Å²) in [5, 5.41) is 8.28. The quantitative estimate of drug-likeness (QED) is 0.582. The molecule has 0 heterocycles. The Morgan fingerprint density at radius 2 is 1.88 bits per heavy atom. The maximum atomic E-state index is 8.28. The molecule has 0 aliphatic rings. The maximum Gasteiger partial charge on any atom is 0.153 e. The number of hydrogen-bond donors (Lipinski definition) is 1. The van der Waals surface area contributed by atoms with Crippen LogP contribution in [-0.2, 0) is 0 Å². The Balaban J connectivity index is 3.52. The zero-order valence-corrected chi connectivity index (χ0v) is 8.70. The third kappa shape index (κ3) is 7.14. The van der Waals surface area contributed by atoms with Crippen molar-refractivity contribution in [1.82, 2.24) is 0 Å². The number of halogens is 3. The van der Waals surface area contributed by atoms with Gasteiger partial charge in [-0.15, -0.1) is 0 Å². The lowest BCUT2D eigenvalue weighted by Gasteiger charge is -2.01. The van der Waals surface area contributed by atoms with Gasteiger partial charge in [0.05, 0.1) is 6.61 Å². The molecule has 0 bridgehead atoms. The van der Waals surface area contributed by atoms with E-state index in [1.165, 1.54) is 0 Å². The first kappa shape index (κ1) is 9.14. The number of aliphatic hydroxyl groups excluding tert-OH is 1. The molecule has 0 spiro atoms. The number of allylic oxidation sites excluding steroid dienone is 1. The highest BCUT2D eigenvalue weighted by Gasteiger charge is 2.10. The fraction of sp³-hybridized carbons (Fsp3) is 0.500. The van der Waals surface area contributed by atoms with Crippen LogP contribution in [0, 0.1) is 0 Å². The van der Waals surface area contributed by atoms with E-state index in [4.69, 9.17) is 5.11 Å². The van der Waals surface area contributed by atoms with Gasteiger partial charge in [-0.1, -0.05) is 53.9 Å². The highest BCUT2D eigenvalue weighted by atomic mass is 80.0. The number of alkyl halides is 3.